The molecule has 4 nitrogen and oxygen atoms in total. The van der Waals surface area contributed by atoms with Gasteiger partial charge in [0.25, 0.3) is 0 Å². The molecule has 96 valence electrons. The highest BCUT2D eigenvalue weighted by Gasteiger charge is 2.03. The Kier molecular flexibility index (Phi) is 4.04. The molecule has 0 saturated heterocycles. The van der Waals surface area contributed by atoms with E-state index < -0.39 is 0 Å². The van der Waals surface area contributed by atoms with Crippen LogP contribution in [-0.4, -0.2) is 12.1 Å². The highest BCUT2D eigenvalue weighted by molar-refractivity contribution is 7.11. The quantitative estimate of drug-likeness (QED) is 0.814. The standard InChI is InChI=1S/C13H17N3OS/c1-3-10-7-16-13(18-10)8-15-12-5-4-9(17-2)6-11(12)14/h4-7,15H,3,8,14H2,1-2H3. The molecule has 0 atom stereocenters. The first-order valence-electron chi connectivity index (χ1n) is 5.84. The van der Waals surface area contributed by atoms with E-state index in [1.807, 2.05) is 24.4 Å². The van der Waals surface area contributed by atoms with Gasteiger partial charge in [-0.15, -0.1) is 11.3 Å². The van der Waals surface area contributed by atoms with Crippen molar-refractivity contribution in [3.63, 3.8) is 0 Å². The van der Waals surface area contributed by atoms with Crippen LogP contribution in [0.2, 0.25) is 0 Å². The number of hydrogen-bond acceptors (Lipinski definition) is 5. The maximum Gasteiger partial charge on any atom is 0.121 e. The van der Waals surface area contributed by atoms with Crippen LogP contribution in [0.4, 0.5) is 11.4 Å². The minimum atomic E-state index is 0.682. The summed E-state index contributed by atoms with van der Waals surface area (Å²) in [5.74, 6) is 0.764. The topological polar surface area (TPSA) is 60.2 Å². The largest absolute Gasteiger partial charge is 0.497 e. The predicted octanol–water partition coefficient (Wildman–Crippen LogP) is 2.91. The fraction of sp³-hybridized carbons (Fsp3) is 0.308. The maximum atomic E-state index is 5.93. The summed E-state index contributed by atoms with van der Waals surface area (Å²) in [7, 11) is 1.63. The Morgan fingerprint density at radius 1 is 1.44 bits per heavy atom. The molecule has 0 radical (unpaired) electrons. The summed E-state index contributed by atoms with van der Waals surface area (Å²) in [6.07, 6.45) is 2.96. The molecule has 3 N–H and O–H groups in total. The molecular weight excluding hydrogens is 246 g/mol. The summed E-state index contributed by atoms with van der Waals surface area (Å²) in [6, 6.07) is 5.61. The van der Waals surface area contributed by atoms with Crippen LogP contribution in [0.5, 0.6) is 5.75 Å². The van der Waals surface area contributed by atoms with Crippen molar-refractivity contribution in [3.05, 3.63) is 34.3 Å². The fourth-order valence-corrected chi connectivity index (χ4v) is 2.39. The number of benzene rings is 1. The first-order chi connectivity index (χ1) is 8.72. The molecule has 0 saturated carbocycles. The number of hydrogen-bond donors (Lipinski definition) is 2. The number of nitrogens with one attached hydrogen (secondary N) is 1. The normalized spacial score (nSPS) is 10.3. The van der Waals surface area contributed by atoms with Gasteiger partial charge in [0.2, 0.25) is 0 Å². The molecule has 2 rings (SSSR count). The molecule has 1 heterocycles. The van der Waals surface area contributed by atoms with Gasteiger partial charge in [-0.1, -0.05) is 6.92 Å². The Morgan fingerprint density at radius 2 is 2.28 bits per heavy atom. The fourth-order valence-electron chi connectivity index (χ4n) is 1.59. The van der Waals surface area contributed by atoms with Crippen LogP contribution in [0.3, 0.4) is 0 Å². The SMILES string of the molecule is CCc1cnc(CNc2ccc(OC)cc2N)s1. The molecule has 5 heteroatoms. The van der Waals surface area contributed by atoms with Crippen molar-refractivity contribution in [1.82, 2.24) is 4.98 Å². The third-order valence-corrected chi connectivity index (χ3v) is 3.78. The average Bonchev–Trinajstić information content (AvgIpc) is 2.85. The lowest BCUT2D eigenvalue weighted by Crippen LogP contribution is -2.02. The monoisotopic (exact) mass is 263 g/mol. The van der Waals surface area contributed by atoms with Crippen molar-refractivity contribution >= 4 is 22.7 Å². The van der Waals surface area contributed by atoms with Gasteiger partial charge in [0, 0.05) is 17.1 Å². The number of thiazole rings is 1. The molecule has 0 fully saturated rings. The van der Waals surface area contributed by atoms with Crippen molar-refractivity contribution in [2.24, 2.45) is 0 Å². The van der Waals surface area contributed by atoms with Crippen LogP contribution in [0.1, 0.15) is 16.8 Å². The summed E-state index contributed by atoms with van der Waals surface area (Å²) >= 11 is 1.73. The number of ether oxygens (including phenoxy) is 1. The summed E-state index contributed by atoms with van der Waals surface area (Å²) in [5, 5.41) is 4.36. The second-order valence-electron chi connectivity index (χ2n) is 3.88. The number of methoxy groups -OCH3 is 1. The van der Waals surface area contributed by atoms with Crippen molar-refractivity contribution in [2.75, 3.05) is 18.2 Å². The van der Waals surface area contributed by atoms with Crippen LogP contribution in [-0.2, 0) is 13.0 Å². The van der Waals surface area contributed by atoms with Gasteiger partial charge in [0.1, 0.15) is 10.8 Å². The van der Waals surface area contributed by atoms with Gasteiger partial charge >= 0.3 is 0 Å². The zero-order valence-corrected chi connectivity index (χ0v) is 11.4. The molecule has 0 aliphatic heterocycles. The third-order valence-electron chi connectivity index (χ3n) is 2.64. The Bertz CT molecular complexity index is 525. The first kappa shape index (κ1) is 12.7. The van der Waals surface area contributed by atoms with Crippen LogP contribution in [0, 0.1) is 0 Å². The second kappa shape index (κ2) is 5.73. The van der Waals surface area contributed by atoms with E-state index in [0.717, 1.165) is 22.9 Å². The van der Waals surface area contributed by atoms with Crippen molar-refractivity contribution in [2.45, 2.75) is 19.9 Å². The third kappa shape index (κ3) is 2.92. The van der Waals surface area contributed by atoms with E-state index in [0.29, 0.717) is 12.2 Å². The number of aromatic nitrogens is 1. The van der Waals surface area contributed by atoms with Crippen molar-refractivity contribution in [1.29, 1.82) is 0 Å². The van der Waals surface area contributed by atoms with Crippen LogP contribution in [0.25, 0.3) is 0 Å². The second-order valence-corrected chi connectivity index (χ2v) is 5.08. The van der Waals surface area contributed by atoms with E-state index >= 15 is 0 Å². The number of rotatable bonds is 5. The summed E-state index contributed by atoms with van der Waals surface area (Å²) in [4.78, 5) is 5.66. The van der Waals surface area contributed by atoms with Gasteiger partial charge in [-0.05, 0) is 18.6 Å². The van der Waals surface area contributed by atoms with Crippen molar-refractivity contribution < 1.29 is 4.74 Å². The van der Waals surface area contributed by atoms with Gasteiger partial charge in [0.05, 0.1) is 25.0 Å². The Labute approximate surface area is 111 Å². The highest BCUT2D eigenvalue weighted by atomic mass is 32.1. The molecular formula is C13H17N3OS. The number of nitrogens with zero attached hydrogens (tertiary/aromatic N) is 1. The minimum Gasteiger partial charge on any atom is -0.497 e. The molecule has 1 aromatic carbocycles. The van der Waals surface area contributed by atoms with E-state index in [-0.39, 0.29) is 0 Å². The van der Waals surface area contributed by atoms with Crippen LogP contribution < -0.4 is 15.8 Å². The lowest BCUT2D eigenvalue weighted by Gasteiger charge is -2.09. The Morgan fingerprint density at radius 3 is 2.89 bits per heavy atom. The van der Waals surface area contributed by atoms with Gasteiger partial charge in [-0.2, -0.15) is 0 Å². The van der Waals surface area contributed by atoms with Gasteiger partial charge in [0.15, 0.2) is 0 Å². The zero-order chi connectivity index (χ0) is 13.0. The summed E-state index contributed by atoms with van der Waals surface area (Å²) < 4.78 is 5.11. The molecule has 0 aliphatic carbocycles. The van der Waals surface area contributed by atoms with Crippen LogP contribution >= 0.6 is 11.3 Å². The average molecular weight is 263 g/mol. The number of nitrogens with two attached hydrogens (primary N) is 1. The molecule has 0 unspecified atom stereocenters. The minimum absolute atomic E-state index is 0.682. The lowest BCUT2D eigenvalue weighted by molar-refractivity contribution is 0.415. The Hall–Kier alpha value is -1.75. The maximum absolute atomic E-state index is 5.93. The number of anilines is 2. The van der Waals surface area contributed by atoms with E-state index in [2.05, 4.69) is 17.2 Å². The molecule has 0 bridgehead atoms. The van der Waals surface area contributed by atoms with E-state index in [1.54, 1.807) is 18.4 Å². The van der Waals surface area contributed by atoms with Crippen molar-refractivity contribution in [3.8, 4) is 5.75 Å². The molecule has 0 aliphatic rings. The Balaban J connectivity index is 2.01. The van der Waals surface area contributed by atoms with E-state index in [4.69, 9.17) is 10.5 Å². The smallest absolute Gasteiger partial charge is 0.121 e. The predicted molar refractivity (Wildman–Crippen MR) is 76.2 cm³/mol. The van der Waals surface area contributed by atoms with E-state index in [1.165, 1.54) is 4.88 Å². The number of nitrogen functional groups attached to an aromatic ring is 1. The van der Waals surface area contributed by atoms with Gasteiger partial charge in [-0.3, -0.25) is 0 Å². The van der Waals surface area contributed by atoms with Crippen LogP contribution in [0.15, 0.2) is 24.4 Å². The first-order valence-corrected chi connectivity index (χ1v) is 6.65. The molecule has 2 aromatic rings. The summed E-state index contributed by atoms with van der Waals surface area (Å²) in [5.41, 5.74) is 7.52. The molecule has 18 heavy (non-hydrogen) atoms. The number of aryl methyl sites for hydroxylation is 1. The molecule has 0 amide bonds. The highest BCUT2D eigenvalue weighted by Crippen LogP contribution is 2.25. The molecule has 1 aromatic heterocycles. The molecule has 0 spiro atoms. The van der Waals surface area contributed by atoms with Gasteiger partial charge in [-0.25, -0.2) is 4.98 Å². The summed E-state index contributed by atoms with van der Waals surface area (Å²) in [6.45, 7) is 2.83. The van der Waals surface area contributed by atoms with E-state index in [9.17, 15) is 0 Å². The zero-order valence-electron chi connectivity index (χ0n) is 10.6. The lowest BCUT2D eigenvalue weighted by atomic mass is 10.2. The van der Waals surface area contributed by atoms with Gasteiger partial charge < -0.3 is 15.8 Å².